The molecule has 1 aromatic heterocycles. The zero-order valence-electron chi connectivity index (χ0n) is 22.7. The number of nitrogens with one attached hydrogen (secondary N) is 2. The van der Waals surface area contributed by atoms with E-state index in [0.717, 1.165) is 16.7 Å². The number of anilines is 2. The molecule has 1 heterocycles. The number of hydrogen-bond donors (Lipinski definition) is 2. The first-order valence-electron chi connectivity index (χ1n) is 12.6. The number of carbonyl (C=O) groups is 2. The first-order chi connectivity index (χ1) is 17.9. The van der Waals surface area contributed by atoms with Crippen LogP contribution in [-0.4, -0.2) is 26.8 Å². The standard InChI is InChI=1S/C31H33N5O2/c1-30(2,3)23-16-12-21(13-17-23)26(37)34-28-32-25(20-10-8-7-9-11-20)33-29(36-28)35-27(38)22-14-18-24(19-15-22)31(4,5)6/h7-19H,1-6H3,(H2,32,33,34,35,36,37,38). The Bertz CT molecular complexity index is 1340. The lowest BCUT2D eigenvalue weighted by Crippen LogP contribution is -2.19. The highest BCUT2D eigenvalue weighted by molar-refractivity contribution is 6.04. The molecule has 0 aliphatic carbocycles. The number of hydrogen-bond acceptors (Lipinski definition) is 5. The van der Waals surface area contributed by atoms with Gasteiger partial charge in [0.1, 0.15) is 0 Å². The van der Waals surface area contributed by atoms with E-state index in [4.69, 9.17) is 0 Å². The minimum absolute atomic E-state index is 0.0199. The van der Waals surface area contributed by atoms with Gasteiger partial charge in [0.05, 0.1) is 0 Å². The second-order valence-electron chi connectivity index (χ2n) is 11.2. The highest BCUT2D eigenvalue weighted by atomic mass is 16.2. The Hall–Kier alpha value is -4.39. The molecule has 0 saturated carbocycles. The van der Waals surface area contributed by atoms with Crippen molar-refractivity contribution in [1.29, 1.82) is 0 Å². The summed E-state index contributed by atoms with van der Waals surface area (Å²) < 4.78 is 0. The average Bonchev–Trinajstić information content (AvgIpc) is 2.88. The molecule has 3 aromatic carbocycles. The number of nitrogens with zero attached hydrogens (tertiary/aromatic N) is 3. The van der Waals surface area contributed by atoms with E-state index in [1.807, 2.05) is 54.6 Å². The molecule has 7 heteroatoms. The molecular formula is C31H33N5O2. The molecule has 7 nitrogen and oxygen atoms in total. The Kier molecular flexibility index (Phi) is 7.39. The molecule has 0 radical (unpaired) electrons. The number of amides is 2. The summed E-state index contributed by atoms with van der Waals surface area (Å²) in [5.74, 6) is -0.293. The van der Waals surface area contributed by atoms with Crippen LogP contribution in [0.1, 0.15) is 73.4 Å². The lowest BCUT2D eigenvalue weighted by molar-refractivity contribution is 0.101. The minimum Gasteiger partial charge on any atom is -0.290 e. The van der Waals surface area contributed by atoms with Gasteiger partial charge in [-0.25, -0.2) is 0 Å². The highest BCUT2D eigenvalue weighted by Gasteiger charge is 2.18. The maximum absolute atomic E-state index is 13.0. The van der Waals surface area contributed by atoms with Gasteiger partial charge < -0.3 is 0 Å². The molecule has 2 amide bonds. The first-order valence-corrected chi connectivity index (χ1v) is 12.6. The maximum Gasteiger partial charge on any atom is 0.258 e. The van der Waals surface area contributed by atoms with Gasteiger partial charge in [-0.2, -0.15) is 15.0 Å². The number of rotatable bonds is 5. The van der Waals surface area contributed by atoms with Crippen molar-refractivity contribution in [3.63, 3.8) is 0 Å². The van der Waals surface area contributed by atoms with Crippen molar-refractivity contribution in [2.75, 3.05) is 10.6 Å². The molecule has 4 aromatic rings. The third kappa shape index (κ3) is 6.48. The summed E-state index contributed by atoms with van der Waals surface area (Å²) in [4.78, 5) is 39.2. The van der Waals surface area contributed by atoms with Gasteiger partial charge in [-0.15, -0.1) is 0 Å². The lowest BCUT2D eigenvalue weighted by Gasteiger charge is -2.19. The zero-order valence-corrected chi connectivity index (χ0v) is 22.7. The SMILES string of the molecule is CC(C)(C)c1ccc(C(=O)Nc2nc(NC(=O)c3ccc(C(C)(C)C)cc3)nc(-c3ccccc3)n2)cc1. The smallest absolute Gasteiger partial charge is 0.258 e. The van der Waals surface area contributed by atoms with Gasteiger partial charge in [0, 0.05) is 16.7 Å². The summed E-state index contributed by atoms with van der Waals surface area (Å²) in [6.45, 7) is 12.7. The lowest BCUT2D eigenvalue weighted by atomic mass is 9.86. The fourth-order valence-corrected chi connectivity index (χ4v) is 3.79. The van der Waals surface area contributed by atoms with Crippen molar-refractivity contribution >= 4 is 23.7 Å². The van der Waals surface area contributed by atoms with Gasteiger partial charge in [-0.05, 0) is 46.2 Å². The van der Waals surface area contributed by atoms with Gasteiger partial charge in [0.2, 0.25) is 11.9 Å². The fraction of sp³-hybridized carbons (Fsp3) is 0.258. The topological polar surface area (TPSA) is 96.9 Å². The van der Waals surface area contributed by atoms with Gasteiger partial charge >= 0.3 is 0 Å². The summed E-state index contributed by atoms with van der Waals surface area (Å²) in [5.41, 5.74) is 3.89. The predicted molar refractivity (Wildman–Crippen MR) is 151 cm³/mol. The van der Waals surface area contributed by atoms with E-state index < -0.39 is 0 Å². The molecule has 0 aliphatic heterocycles. The first kappa shape index (κ1) is 26.7. The molecule has 4 rings (SSSR count). The van der Waals surface area contributed by atoms with Gasteiger partial charge in [-0.3, -0.25) is 20.2 Å². The van der Waals surface area contributed by atoms with E-state index in [-0.39, 0.29) is 34.5 Å². The Morgan fingerprint density at radius 3 is 1.32 bits per heavy atom. The van der Waals surface area contributed by atoms with Crippen LogP contribution in [0.2, 0.25) is 0 Å². The van der Waals surface area contributed by atoms with Crippen molar-refractivity contribution < 1.29 is 9.59 Å². The molecule has 0 atom stereocenters. The second-order valence-corrected chi connectivity index (χ2v) is 11.2. The third-order valence-corrected chi connectivity index (χ3v) is 6.14. The third-order valence-electron chi connectivity index (χ3n) is 6.14. The Morgan fingerprint density at radius 2 is 0.947 bits per heavy atom. The molecule has 2 N–H and O–H groups in total. The summed E-state index contributed by atoms with van der Waals surface area (Å²) in [6.07, 6.45) is 0. The molecule has 0 saturated heterocycles. The van der Waals surface area contributed by atoms with E-state index in [0.29, 0.717) is 17.0 Å². The van der Waals surface area contributed by atoms with Crippen LogP contribution in [0.5, 0.6) is 0 Å². The van der Waals surface area contributed by atoms with Gasteiger partial charge in [0.25, 0.3) is 11.8 Å². The molecule has 0 spiro atoms. The van der Waals surface area contributed by atoms with E-state index in [1.54, 1.807) is 24.3 Å². The van der Waals surface area contributed by atoms with E-state index in [2.05, 4.69) is 67.1 Å². The summed E-state index contributed by atoms with van der Waals surface area (Å²) in [7, 11) is 0. The highest BCUT2D eigenvalue weighted by Crippen LogP contribution is 2.24. The van der Waals surface area contributed by atoms with Crippen LogP contribution < -0.4 is 10.6 Å². The van der Waals surface area contributed by atoms with Crippen molar-refractivity contribution in [2.24, 2.45) is 0 Å². The molecule has 0 bridgehead atoms. The Labute approximate surface area is 223 Å². The van der Waals surface area contributed by atoms with Crippen LogP contribution in [0.4, 0.5) is 11.9 Å². The van der Waals surface area contributed by atoms with E-state index in [9.17, 15) is 9.59 Å². The molecule has 0 aliphatic rings. The van der Waals surface area contributed by atoms with Gasteiger partial charge in [0.15, 0.2) is 5.82 Å². The fourth-order valence-electron chi connectivity index (χ4n) is 3.79. The van der Waals surface area contributed by atoms with Crippen molar-refractivity contribution in [1.82, 2.24) is 15.0 Å². The van der Waals surface area contributed by atoms with Crippen LogP contribution in [0.3, 0.4) is 0 Å². The van der Waals surface area contributed by atoms with Crippen molar-refractivity contribution in [3.8, 4) is 11.4 Å². The number of aromatic nitrogens is 3. The monoisotopic (exact) mass is 507 g/mol. The summed E-state index contributed by atoms with van der Waals surface area (Å²) in [5, 5.41) is 5.50. The van der Waals surface area contributed by atoms with Crippen LogP contribution in [0.25, 0.3) is 11.4 Å². The maximum atomic E-state index is 13.0. The Morgan fingerprint density at radius 1 is 0.553 bits per heavy atom. The average molecular weight is 508 g/mol. The Balaban J connectivity index is 1.61. The largest absolute Gasteiger partial charge is 0.290 e. The quantitative estimate of drug-likeness (QED) is 0.316. The van der Waals surface area contributed by atoms with Crippen LogP contribution in [0, 0.1) is 0 Å². The molecular weight excluding hydrogens is 474 g/mol. The summed E-state index contributed by atoms with van der Waals surface area (Å²) in [6, 6.07) is 24.2. The summed E-state index contributed by atoms with van der Waals surface area (Å²) >= 11 is 0. The van der Waals surface area contributed by atoms with Crippen molar-refractivity contribution in [3.05, 3.63) is 101 Å². The van der Waals surface area contributed by atoms with Crippen LogP contribution in [0.15, 0.2) is 78.9 Å². The van der Waals surface area contributed by atoms with E-state index >= 15 is 0 Å². The zero-order chi connectivity index (χ0) is 27.5. The number of carbonyl (C=O) groups excluding carboxylic acids is 2. The molecule has 194 valence electrons. The predicted octanol–water partition coefficient (Wildman–Crippen LogP) is 6.64. The minimum atomic E-state index is -0.356. The number of benzene rings is 3. The van der Waals surface area contributed by atoms with E-state index in [1.165, 1.54) is 0 Å². The normalized spacial score (nSPS) is 11.6. The molecule has 38 heavy (non-hydrogen) atoms. The molecule has 0 fully saturated rings. The van der Waals surface area contributed by atoms with Crippen LogP contribution in [-0.2, 0) is 10.8 Å². The second kappa shape index (κ2) is 10.5. The molecule has 0 unspecified atom stereocenters. The van der Waals surface area contributed by atoms with Crippen molar-refractivity contribution in [2.45, 2.75) is 52.4 Å². The van der Waals surface area contributed by atoms with Crippen LogP contribution >= 0.6 is 0 Å². The van der Waals surface area contributed by atoms with Gasteiger partial charge in [-0.1, -0.05) is 96.1 Å².